The third-order valence-corrected chi connectivity index (χ3v) is 5.30. The maximum absolute atomic E-state index is 12.5. The van der Waals surface area contributed by atoms with Crippen LogP contribution in [-0.2, 0) is 19.1 Å². The van der Waals surface area contributed by atoms with Gasteiger partial charge in [0.25, 0.3) is 0 Å². The molecule has 1 aliphatic carbocycles. The monoisotopic (exact) mass is 395 g/mol. The van der Waals surface area contributed by atoms with Crippen LogP contribution in [0.15, 0.2) is 12.7 Å². The second-order valence-electron chi connectivity index (χ2n) is 7.33. The van der Waals surface area contributed by atoms with Gasteiger partial charge in [-0.2, -0.15) is 0 Å². The first kappa shape index (κ1) is 21.7. The van der Waals surface area contributed by atoms with Gasteiger partial charge in [-0.05, 0) is 38.5 Å². The molecule has 9 heteroatoms. The van der Waals surface area contributed by atoms with Gasteiger partial charge in [-0.25, -0.2) is 9.59 Å². The topological polar surface area (TPSA) is 125 Å². The standard InChI is InChI=1S/C19H29N3O6/c1-3-12(2)16(18(25)26)21-17(24)14-9-6-10-22(14)15(23)11-20-19(27)28-13-7-4-5-8-13/h3,12-14,16H,1,4-11H2,2H3,(H,20,27)(H,21,24)(H,25,26)/t12?,14-,16?/m0/s1. The molecule has 1 saturated carbocycles. The lowest BCUT2D eigenvalue weighted by molar-refractivity contribution is -0.144. The molecule has 1 heterocycles. The van der Waals surface area contributed by atoms with Gasteiger partial charge >= 0.3 is 12.1 Å². The lowest BCUT2D eigenvalue weighted by atomic mass is 10.0. The quantitative estimate of drug-likeness (QED) is 0.527. The Balaban J connectivity index is 1.86. The Bertz CT molecular complexity index is 617. The van der Waals surface area contributed by atoms with Crippen molar-refractivity contribution in [3.63, 3.8) is 0 Å². The summed E-state index contributed by atoms with van der Waals surface area (Å²) < 4.78 is 5.24. The minimum absolute atomic E-state index is 0.0970. The van der Waals surface area contributed by atoms with E-state index in [1.165, 1.54) is 11.0 Å². The van der Waals surface area contributed by atoms with E-state index in [1.54, 1.807) is 6.92 Å². The summed E-state index contributed by atoms with van der Waals surface area (Å²) in [6, 6.07) is -1.86. The van der Waals surface area contributed by atoms with Gasteiger partial charge in [-0.3, -0.25) is 9.59 Å². The molecule has 0 aromatic heterocycles. The normalized spacial score (nSPS) is 21.6. The van der Waals surface area contributed by atoms with Gasteiger partial charge in [-0.1, -0.05) is 13.0 Å². The second-order valence-corrected chi connectivity index (χ2v) is 7.33. The van der Waals surface area contributed by atoms with Crippen LogP contribution >= 0.6 is 0 Å². The molecule has 2 aliphatic rings. The van der Waals surface area contributed by atoms with E-state index in [0.29, 0.717) is 19.4 Å². The van der Waals surface area contributed by atoms with E-state index >= 15 is 0 Å². The molecule has 0 spiro atoms. The van der Waals surface area contributed by atoms with Crippen LogP contribution < -0.4 is 10.6 Å². The fourth-order valence-corrected chi connectivity index (χ4v) is 3.59. The van der Waals surface area contributed by atoms with Crippen molar-refractivity contribution in [3.8, 4) is 0 Å². The van der Waals surface area contributed by atoms with Crippen molar-refractivity contribution in [1.82, 2.24) is 15.5 Å². The molecule has 2 unspecified atom stereocenters. The second kappa shape index (κ2) is 10.1. The van der Waals surface area contributed by atoms with Crippen molar-refractivity contribution in [2.75, 3.05) is 13.1 Å². The Morgan fingerprint density at radius 1 is 1.21 bits per heavy atom. The first-order valence-electron chi connectivity index (χ1n) is 9.73. The van der Waals surface area contributed by atoms with Crippen molar-refractivity contribution >= 4 is 23.9 Å². The highest BCUT2D eigenvalue weighted by molar-refractivity contribution is 5.92. The summed E-state index contributed by atoms with van der Waals surface area (Å²) in [7, 11) is 0. The van der Waals surface area contributed by atoms with E-state index < -0.39 is 41.9 Å². The molecule has 0 aromatic carbocycles. The van der Waals surface area contributed by atoms with E-state index in [1.807, 2.05) is 0 Å². The number of carboxylic acids is 1. The average molecular weight is 395 g/mol. The van der Waals surface area contributed by atoms with E-state index in [2.05, 4.69) is 17.2 Å². The van der Waals surface area contributed by atoms with Gasteiger partial charge in [0.1, 0.15) is 24.7 Å². The number of nitrogens with zero attached hydrogens (tertiary/aromatic N) is 1. The number of alkyl carbamates (subject to hydrolysis) is 1. The van der Waals surface area contributed by atoms with Crippen molar-refractivity contribution in [1.29, 1.82) is 0 Å². The van der Waals surface area contributed by atoms with Crippen LogP contribution in [-0.4, -0.2) is 65.2 Å². The molecule has 3 amide bonds. The predicted octanol–water partition coefficient (Wildman–Crippen LogP) is 1.04. The van der Waals surface area contributed by atoms with Crippen molar-refractivity contribution < 1.29 is 29.0 Å². The molecule has 1 saturated heterocycles. The van der Waals surface area contributed by atoms with Crippen LogP contribution in [0.25, 0.3) is 0 Å². The Morgan fingerprint density at radius 2 is 1.89 bits per heavy atom. The minimum atomic E-state index is -1.16. The largest absolute Gasteiger partial charge is 0.480 e. The molecule has 0 aromatic rings. The maximum atomic E-state index is 12.5. The summed E-state index contributed by atoms with van der Waals surface area (Å²) in [4.78, 5) is 49.6. The summed E-state index contributed by atoms with van der Waals surface area (Å²) in [5, 5.41) is 14.2. The SMILES string of the molecule is C=CC(C)C(NC(=O)[C@@H]1CCCN1C(=O)CNC(=O)OC1CCCC1)C(=O)O. The van der Waals surface area contributed by atoms with Crippen LogP contribution in [0.5, 0.6) is 0 Å². The number of likely N-dealkylation sites (tertiary alicyclic amines) is 1. The Kier molecular flexibility index (Phi) is 7.83. The average Bonchev–Trinajstić information content (AvgIpc) is 3.34. The number of rotatable bonds is 8. The number of carboxylic acid groups (broad SMARTS) is 1. The van der Waals surface area contributed by atoms with E-state index in [0.717, 1.165) is 25.7 Å². The Hall–Kier alpha value is -2.58. The molecule has 3 N–H and O–H groups in total. The van der Waals surface area contributed by atoms with E-state index in [-0.39, 0.29) is 12.6 Å². The summed E-state index contributed by atoms with van der Waals surface area (Å²) in [5.41, 5.74) is 0. The third kappa shape index (κ3) is 5.71. The Labute approximate surface area is 164 Å². The van der Waals surface area contributed by atoms with Gasteiger partial charge in [0.2, 0.25) is 11.8 Å². The summed E-state index contributed by atoms with van der Waals surface area (Å²) in [5.74, 6) is -2.53. The molecule has 9 nitrogen and oxygen atoms in total. The van der Waals surface area contributed by atoms with Crippen LogP contribution in [0.4, 0.5) is 4.79 Å². The maximum Gasteiger partial charge on any atom is 0.407 e. The molecule has 0 bridgehead atoms. The smallest absolute Gasteiger partial charge is 0.407 e. The first-order valence-corrected chi connectivity index (χ1v) is 9.73. The lowest BCUT2D eigenvalue weighted by Gasteiger charge is -2.26. The van der Waals surface area contributed by atoms with Gasteiger partial charge in [-0.15, -0.1) is 6.58 Å². The van der Waals surface area contributed by atoms with Crippen LogP contribution in [0.2, 0.25) is 0 Å². The van der Waals surface area contributed by atoms with E-state index in [9.17, 15) is 24.3 Å². The number of carbonyl (C=O) groups is 4. The predicted molar refractivity (Wildman–Crippen MR) is 100 cm³/mol. The molecule has 156 valence electrons. The zero-order chi connectivity index (χ0) is 20.7. The lowest BCUT2D eigenvalue weighted by Crippen LogP contribution is -2.53. The fraction of sp³-hybridized carbons (Fsp3) is 0.684. The number of carbonyl (C=O) groups excluding carboxylic acids is 3. The molecule has 1 aliphatic heterocycles. The van der Waals surface area contributed by atoms with Crippen molar-refractivity contribution in [2.24, 2.45) is 5.92 Å². The number of nitrogens with one attached hydrogen (secondary N) is 2. The van der Waals surface area contributed by atoms with Crippen LogP contribution in [0.3, 0.4) is 0 Å². The molecule has 0 radical (unpaired) electrons. The number of hydrogen-bond acceptors (Lipinski definition) is 5. The molecule has 2 rings (SSSR count). The summed E-state index contributed by atoms with van der Waals surface area (Å²) in [6.07, 6.45) is 5.53. The molecule has 28 heavy (non-hydrogen) atoms. The number of aliphatic carboxylic acids is 1. The third-order valence-electron chi connectivity index (χ3n) is 5.30. The van der Waals surface area contributed by atoms with E-state index in [4.69, 9.17) is 4.74 Å². The Morgan fingerprint density at radius 3 is 2.50 bits per heavy atom. The zero-order valence-corrected chi connectivity index (χ0v) is 16.2. The summed E-state index contributed by atoms with van der Waals surface area (Å²) >= 11 is 0. The zero-order valence-electron chi connectivity index (χ0n) is 16.2. The number of amides is 3. The number of hydrogen-bond donors (Lipinski definition) is 3. The van der Waals surface area contributed by atoms with Crippen molar-refractivity contribution in [3.05, 3.63) is 12.7 Å². The minimum Gasteiger partial charge on any atom is -0.480 e. The van der Waals surface area contributed by atoms with Gasteiger partial charge in [0.15, 0.2) is 0 Å². The fourth-order valence-electron chi connectivity index (χ4n) is 3.59. The van der Waals surface area contributed by atoms with Crippen molar-refractivity contribution in [2.45, 2.75) is 63.6 Å². The van der Waals surface area contributed by atoms with Gasteiger partial charge < -0.3 is 25.4 Å². The van der Waals surface area contributed by atoms with Gasteiger partial charge in [0.05, 0.1) is 0 Å². The number of ether oxygens (including phenoxy) is 1. The highest BCUT2D eigenvalue weighted by atomic mass is 16.6. The molecule has 3 atom stereocenters. The first-order chi connectivity index (χ1) is 13.3. The van der Waals surface area contributed by atoms with Crippen LogP contribution in [0, 0.1) is 5.92 Å². The van der Waals surface area contributed by atoms with Gasteiger partial charge in [0, 0.05) is 12.5 Å². The molecule has 2 fully saturated rings. The van der Waals surface area contributed by atoms with Crippen LogP contribution in [0.1, 0.15) is 45.4 Å². The highest BCUT2D eigenvalue weighted by Crippen LogP contribution is 2.21. The molecular formula is C19H29N3O6. The summed E-state index contributed by atoms with van der Waals surface area (Å²) in [6.45, 7) is 5.32. The molecular weight excluding hydrogens is 366 g/mol. The highest BCUT2D eigenvalue weighted by Gasteiger charge is 2.36.